The van der Waals surface area contributed by atoms with Crippen LogP contribution in [0.2, 0.25) is 0 Å². The number of carbonyl (C=O) groups excluding carboxylic acids is 1. The van der Waals surface area contributed by atoms with E-state index >= 15 is 0 Å². The minimum absolute atomic E-state index is 0.141. The number of ether oxygens (including phenoxy) is 1. The molecular formula is C18H20N6O3S2. The number of anilines is 1. The minimum Gasteiger partial charge on any atom is -0.463 e. The molecule has 0 spiro atoms. The van der Waals surface area contributed by atoms with Crippen LogP contribution < -0.4 is 11.3 Å². The molecule has 0 aliphatic carbocycles. The number of nitrogens with one attached hydrogen (secondary N) is 1. The van der Waals surface area contributed by atoms with Crippen LogP contribution in [0.15, 0.2) is 45.7 Å². The van der Waals surface area contributed by atoms with Gasteiger partial charge in [0, 0.05) is 35.5 Å². The minimum atomic E-state index is -0.407. The van der Waals surface area contributed by atoms with Crippen LogP contribution in [0.5, 0.6) is 0 Å². The maximum absolute atomic E-state index is 11.1. The Morgan fingerprint density at radius 3 is 2.52 bits per heavy atom. The third-order valence-electron chi connectivity index (χ3n) is 3.33. The third-order valence-corrected chi connectivity index (χ3v) is 4.45. The van der Waals surface area contributed by atoms with Gasteiger partial charge in [0.05, 0.1) is 6.61 Å². The predicted molar refractivity (Wildman–Crippen MR) is 116 cm³/mol. The Hall–Kier alpha value is -2.92. The summed E-state index contributed by atoms with van der Waals surface area (Å²) in [4.78, 5) is 41.0. The first-order chi connectivity index (χ1) is 14.0. The summed E-state index contributed by atoms with van der Waals surface area (Å²) in [5, 5.41) is 2.11. The van der Waals surface area contributed by atoms with Crippen molar-refractivity contribution in [1.29, 1.82) is 0 Å². The summed E-state index contributed by atoms with van der Waals surface area (Å²) in [7, 11) is 0. The molecule has 0 saturated carbocycles. The quantitative estimate of drug-likeness (QED) is 0.267. The molecular weight excluding hydrogens is 412 g/mol. The summed E-state index contributed by atoms with van der Waals surface area (Å²) in [6.45, 7) is 2.09. The molecule has 0 unspecified atom stereocenters. The zero-order valence-electron chi connectivity index (χ0n) is 16.1. The third kappa shape index (κ3) is 6.88. The molecule has 29 heavy (non-hydrogen) atoms. The normalized spacial score (nSPS) is 10.6. The van der Waals surface area contributed by atoms with E-state index in [4.69, 9.17) is 10.5 Å². The fourth-order valence-electron chi connectivity index (χ4n) is 1.98. The van der Waals surface area contributed by atoms with Crippen molar-refractivity contribution in [2.24, 2.45) is 0 Å². The first kappa shape index (κ1) is 22.4. The molecule has 0 fully saturated rings. The molecule has 11 heteroatoms. The van der Waals surface area contributed by atoms with Crippen LogP contribution >= 0.6 is 23.5 Å². The highest BCUT2D eigenvalue weighted by Crippen LogP contribution is 2.14. The Balaban J connectivity index is 0.000000211. The first-order valence-corrected chi connectivity index (χ1v) is 10.8. The maximum Gasteiger partial charge on any atom is 0.330 e. The molecule has 9 nitrogen and oxygen atoms in total. The van der Waals surface area contributed by atoms with E-state index < -0.39 is 5.97 Å². The van der Waals surface area contributed by atoms with Gasteiger partial charge < -0.3 is 15.5 Å². The Morgan fingerprint density at radius 2 is 1.86 bits per heavy atom. The number of nitrogen functional groups attached to an aromatic ring is 1. The molecule has 0 amide bonds. The highest BCUT2D eigenvalue weighted by molar-refractivity contribution is 7.98. The van der Waals surface area contributed by atoms with Crippen LogP contribution in [0.4, 0.5) is 5.82 Å². The van der Waals surface area contributed by atoms with Crippen molar-refractivity contribution in [3.05, 3.63) is 46.5 Å². The van der Waals surface area contributed by atoms with Gasteiger partial charge in [0.15, 0.2) is 10.3 Å². The van der Waals surface area contributed by atoms with Gasteiger partial charge >= 0.3 is 5.97 Å². The lowest BCUT2D eigenvalue weighted by atomic mass is 10.3. The molecule has 0 aliphatic heterocycles. The van der Waals surface area contributed by atoms with Gasteiger partial charge in [-0.1, -0.05) is 23.5 Å². The molecule has 0 aliphatic rings. The lowest BCUT2D eigenvalue weighted by molar-refractivity contribution is -0.137. The number of thioether (sulfide) groups is 2. The van der Waals surface area contributed by atoms with Crippen molar-refractivity contribution in [2.45, 2.75) is 17.2 Å². The van der Waals surface area contributed by atoms with Crippen molar-refractivity contribution in [1.82, 2.24) is 24.9 Å². The van der Waals surface area contributed by atoms with E-state index in [0.29, 0.717) is 33.9 Å². The number of hydrogen-bond acceptors (Lipinski definition) is 10. The SMILES string of the molecule is CCOC(=O)/C=C/c1cnc(SC)nc1N.CSc1ncc2ccc(=O)[nH]c2n1. The molecule has 3 aromatic rings. The van der Waals surface area contributed by atoms with Crippen LogP contribution in [0.25, 0.3) is 17.1 Å². The van der Waals surface area contributed by atoms with Gasteiger partial charge in [0.2, 0.25) is 5.56 Å². The summed E-state index contributed by atoms with van der Waals surface area (Å²) < 4.78 is 4.74. The molecule has 0 saturated heterocycles. The van der Waals surface area contributed by atoms with Crippen LogP contribution in [0.1, 0.15) is 12.5 Å². The average Bonchev–Trinajstić information content (AvgIpc) is 2.72. The largest absolute Gasteiger partial charge is 0.463 e. The number of aromatic nitrogens is 5. The van der Waals surface area contributed by atoms with Crippen molar-refractivity contribution in [3.8, 4) is 0 Å². The zero-order valence-corrected chi connectivity index (χ0v) is 17.7. The van der Waals surface area contributed by atoms with Crippen LogP contribution in [0.3, 0.4) is 0 Å². The molecule has 3 heterocycles. The number of rotatable bonds is 5. The summed E-state index contributed by atoms with van der Waals surface area (Å²) in [5.41, 5.74) is 6.74. The van der Waals surface area contributed by atoms with E-state index in [2.05, 4.69) is 24.9 Å². The molecule has 0 aromatic carbocycles. The number of carbonyl (C=O) groups is 1. The van der Waals surface area contributed by atoms with E-state index in [1.807, 2.05) is 12.5 Å². The van der Waals surface area contributed by atoms with Gasteiger partial charge in [-0.3, -0.25) is 4.79 Å². The van der Waals surface area contributed by atoms with E-state index in [9.17, 15) is 9.59 Å². The molecule has 3 aromatic heterocycles. The van der Waals surface area contributed by atoms with Crippen LogP contribution in [-0.4, -0.2) is 50.0 Å². The second kappa shape index (κ2) is 11.2. The topological polar surface area (TPSA) is 137 Å². The number of pyridine rings is 1. The van der Waals surface area contributed by atoms with Crippen molar-refractivity contribution in [2.75, 3.05) is 24.9 Å². The molecule has 0 atom stereocenters. The van der Waals surface area contributed by atoms with Gasteiger partial charge in [0.25, 0.3) is 0 Å². The molecule has 0 bridgehead atoms. The fraction of sp³-hybridized carbons (Fsp3) is 0.222. The molecule has 3 rings (SSSR count). The lowest BCUT2D eigenvalue weighted by Gasteiger charge is -2.00. The second-order valence-electron chi connectivity index (χ2n) is 5.27. The number of fused-ring (bicyclic) bond motifs is 1. The van der Waals surface area contributed by atoms with Crippen molar-refractivity contribution in [3.63, 3.8) is 0 Å². The zero-order chi connectivity index (χ0) is 21.2. The molecule has 0 radical (unpaired) electrons. The van der Waals surface area contributed by atoms with Crippen molar-refractivity contribution < 1.29 is 9.53 Å². The molecule has 152 valence electrons. The van der Waals surface area contributed by atoms with Crippen molar-refractivity contribution >= 4 is 52.4 Å². The van der Waals surface area contributed by atoms with Gasteiger partial charge in [-0.25, -0.2) is 24.7 Å². The van der Waals surface area contributed by atoms with Crippen LogP contribution in [-0.2, 0) is 9.53 Å². The highest BCUT2D eigenvalue weighted by Gasteiger charge is 2.02. The monoisotopic (exact) mass is 432 g/mol. The Morgan fingerprint density at radius 1 is 1.17 bits per heavy atom. The van der Waals surface area contributed by atoms with Gasteiger partial charge in [-0.2, -0.15) is 0 Å². The van der Waals surface area contributed by atoms with E-state index in [-0.39, 0.29) is 5.56 Å². The molecule has 3 N–H and O–H groups in total. The summed E-state index contributed by atoms with van der Waals surface area (Å²) in [6.07, 6.45) is 9.87. The van der Waals surface area contributed by atoms with E-state index in [1.165, 1.54) is 41.7 Å². The van der Waals surface area contributed by atoms with Crippen LogP contribution in [0, 0.1) is 0 Å². The summed E-state index contributed by atoms with van der Waals surface area (Å²) >= 11 is 2.85. The smallest absolute Gasteiger partial charge is 0.330 e. The number of esters is 1. The lowest BCUT2D eigenvalue weighted by Crippen LogP contribution is -2.04. The van der Waals surface area contributed by atoms with E-state index in [0.717, 1.165) is 5.39 Å². The van der Waals surface area contributed by atoms with Gasteiger partial charge in [-0.05, 0) is 31.6 Å². The second-order valence-corrected chi connectivity index (χ2v) is 6.81. The number of nitrogens with two attached hydrogens (primary N) is 1. The van der Waals surface area contributed by atoms with Gasteiger partial charge in [-0.15, -0.1) is 0 Å². The summed E-state index contributed by atoms with van der Waals surface area (Å²) in [5.74, 6) is -0.0595. The average molecular weight is 433 g/mol. The number of nitrogens with zero attached hydrogens (tertiary/aromatic N) is 4. The number of aromatic amines is 1. The summed E-state index contributed by atoms with van der Waals surface area (Å²) in [6, 6.07) is 3.17. The number of H-pyrrole nitrogens is 1. The maximum atomic E-state index is 11.1. The number of hydrogen-bond donors (Lipinski definition) is 2. The predicted octanol–water partition coefficient (Wildman–Crippen LogP) is 2.40. The fourth-order valence-corrected chi connectivity index (χ4v) is 2.67. The van der Waals surface area contributed by atoms with Gasteiger partial charge in [0.1, 0.15) is 11.5 Å². The Labute approximate surface area is 175 Å². The first-order valence-electron chi connectivity index (χ1n) is 8.38. The Kier molecular flexibility index (Phi) is 8.62. The van der Waals surface area contributed by atoms with E-state index in [1.54, 1.807) is 25.4 Å². The standard InChI is InChI=1S/C10H13N3O2S.C8H7N3OS/c1-3-15-8(14)5-4-7-6-12-10(16-2)13-9(7)11;1-13-8-9-4-5-2-3-6(12)10-7(5)11-8/h4-6H,3H2,1-2H3,(H2,11,12,13);2-4H,1H3,(H,9,10,11,12)/b5-4+;. The Bertz CT molecular complexity index is 1070. The highest BCUT2D eigenvalue weighted by atomic mass is 32.2.